The Balaban J connectivity index is 1.57. The van der Waals surface area contributed by atoms with Crippen molar-refractivity contribution < 1.29 is 27.3 Å². The molecule has 0 aromatic heterocycles. The standard InChI is InChI=1S/C25H31BF3N3O3/c1-24(2)25(3,4)35-26(34-24)19-11-15-7-8-32(22(15)13-20(19)29)23(33)30-21(14-31(5)6)16-9-17(27)12-18(28)10-16/h9-13,21H,7-8,14H2,1-6H3,(H,30,33). The van der Waals surface area contributed by atoms with Crippen LogP contribution in [0.25, 0.3) is 0 Å². The zero-order valence-corrected chi connectivity index (χ0v) is 20.9. The smallest absolute Gasteiger partial charge is 0.399 e. The quantitative estimate of drug-likeness (QED) is 0.650. The van der Waals surface area contributed by atoms with Crippen LogP contribution in [0.3, 0.4) is 0 Å². The maximum atomic E-state index is 15.2. The summed E-state index contributed by atoms with van der Waals surface area (Å²) in [6.45, 7) is 8.28. The lowest BCUT2D eigenvalue weighted by Gasteiger charge is -2.32. The van der Waals surface area contributed by atoms with Gasteiger partial charge >= 0.3 is 13.1 Å². The molecule has 2 amide bonds. The summed E-state index contributed by atoms with van der Waals surface area (Å²) in [6, 6.07) is 5.07. The minimum Gasteiger partial charge on any atom is -0.399 e. The van der Waals surface area contributed by atoms with E-state index >= 15 is 4.39 Å². The number of halogens is 3. The highest BCUT2D eigenvalue weighted by Gasteiger charge is 2.52. The van der Waals surface area contributed by atoms with Crippen LogP contribution >= 0.6 is 0 Å². The first-order valence-electron chi connectivity index (χ1n) is 11.6. The number of hydrogen-bond donors (Lipinski definition) is 1. The van der Waals surface area contributed by atoms with Crippen LogP contribution < -0.4 is 15.7 Å². The van der Waals surface area contributed by atoms with Crippen molar-refractivity contribution in [1.82, 2.24) is 10.2 Å². The number of fused-ring (bicyclic) bond motifs is 1. The van der Waals surface area contributed by atoms with E-state index in [0.29, 0.717) is 36.2 Å². The fourth-order valence-corrected chi connectivity index (χ4v) is 4.40. The number of nitrogens with one attached hydrogen (secondary N) is 1. The molecule has 0 aliphatic carbocycles. The molecule has 0 bridgehead atoms. The zero-order chi connectivity index (χ0) is 25.7. The van der Waals surface area contributed by atoms with Gasteiger partial charge in [0.2, 0.25) is 0 Å². The third-order valence-corrected chi connectivity index (χ3v) is 6.98. The van der Waals surface area contributed by atoms with Crippen LogP contribution in [0, 0.1) is 17.5 Å². The second-order valence-electron chi connectivity index (χ2n) is 10.5. The van der Waals surface area contributed by atoms with Gasteiger partial charge in [0, 0.05) is 24.6 Å². The molecule has 2 heterocycles. The molecule has 0 spiro atoms. The van der Waals surface area contributed by atoms with E-state index in [4.69, 9.17) is 9.31 Å². The highest BCUT2D eigenvalue weighted by molar-refractivity contribution is 6.62. The summed E-state index contributed by atoms with van der Waals surface area (Å²) >= 11 is 0. The van der Waals surface area contributed by atoms with Crippen molar-refractivity contribution in [3.8, 4) is 0 Å². The first-order chi connectivity index (χ1) is 16.3. The number of likely N-dealkylation sites (N-methyl/N-ethyl adjacent to an activating group) is 1. The van der Waals surface area contributed by atoms with Crippen LogP contribution in [0.1, 0.15) is 44.9 Å². The van der Waals surface area contributed by atoms with E-state index in [1.165, 1.54) is 23.1 Å². The molecule has 1 fully saturated rings. The van der Waals surface area contributed by atoms with Gasteiger partial charge in [0.25, 0.3) is 0 Å². The van der Waals surface area contributed by atoms with Crippen LogP contribution in [0.2, 0.25) is 0 Å². The summed E-state index contributed by atoms with van der Waals surface area (Å²) in [5, 5.41) is 2.85. The van der Waals surface area contributed by atoms with Crippen molar-refractivity contribution in [3.63, 3.8) is 0 Å². The van der Waals surface area contributed by atoms with Crippen molar-refractivity contribution in [2.24, 2.45) is 0 Å². The van der Waals surface area contributed by atoms with Crippen LogP contribution in [0.15, 0.2) is 30.3 Å². The van der Waals surface area contributed by atoms with Crippen molar-refractivity contribution in [2.45, 2.75) is 51.4 Å². The Bertz CT molecular complexity index is 1110. The number of benzene rings is 2. The molecule has 188 valence electrons. The van der Waals surface area contributed by atoms with Crippen LogP contribution in [0.4, 0.5) is 23.7 Å². The van der Waals surface area contributed by atoms with Gasteiger partial charge in [-0.2, -0.15) is 0 Å². The van der Waals surface area contributed by atoms with E-state index in [1.54, 1.807) is 20.2 Å². The maximum Gasteiger partial charge on any atom is 0.497 e. The minimum atomic E-state index is -0.847. The summed E-state index contributed by atoms with van der Waals surface area (Å²) in [7, 11) is 2.75. The lowest BCUT2D eigenvalue weighted by atomic mass is 9.77. The van der Waals surface area contributed by atoms with Gasteiger partial charge in [-0.1, -0.05) is 6.07 Å². The average Bonchev–Trinajstić information content (AvgIpc) is 3.22. The van der Waals surface area contributed by atoms with E-state index in [1.807, 2.05) is 32.6 Å². The molecule has 1 N–H and O–H groups in total. The number of carbonyl (C=O) groups excluding carboxylic acids is 1. The number of amides is 2. The predicted octanol–water partition coefficient (Wildman–Crippen LogP) is 3.78. The summed E-state index contributed by atoms with van der Waals surface area (Å²) < 4.78 is 54.9. The molecule has 1 saturated heterocycles. The fourth-order valence-electron chi connectivity index (χ4n) is 4.40. The van der Waals surface area contributed by atoms with Gasteiger partial charge in [0.1, 0.15) is 17.5 Å². The number of carbonyl (C=O) groups is 1. The third-order valence-electron chi connectivity index (χ3n) is 6.98. The van der Waals surface area contributed by atoms with E-state index in [0.717, 1.165) is 11.6 Å². The molecule has 0 saturated carbocycles. The molecule has 2 aromatic carbocycles. The molecule has 2 aliphatic rings. The lowest BCUT2D eigenvalue weighted by molar-refractivity contribution is 0.00578. The molecule has 6 nitrogen and oxygen atoms in total. The molecule has 35 heavy (non-hydrogen) atoms. The Labute approximate surface area is 204 Å². The second kappa shape index (κ2) is 9.15. The van der Waals surface area contributed by atoms with Crippen molar-refractivity contribution in [3.05, 3.63) is 58.9 Å². The van der Waals surface area contributed by atoms with Gasteiger partial charge in [-0.25, -0.2) is 18.0 Å². The molecule has 4 rings (SSSR count). The lowest BCUT2D eigenvalue weighted by Crippen LogP contribution is -2.43. The zero-order valence-electron chi connectivity index (χ0n) is 20.9. The maximum absolute atomic E-state index is 15.2. The molecule has 2 aromatic rings. The molecule has 10 heteroatoms. The summed E-state index contributed by atoms with van der Waals surface area (Å²) in [6.07, 6.45) is 0.530. The molecule has 1 unspecified atom stereocenters. The first kappa shape index (κ1) is 25.5. The highest BCUT2D eigenvalue weighted by atomic mass is 19.1. The van der Waals surface area contributed by atoms with Crippen LogP contribution in [-0.2, 0) is 15.7 Å². The summed E-state index contributed by atoms with van der Waals surface area (Å²) in [5.41, 5.74) is 0.651. The third kappa shape index (κ3) is 5.05. The Morgan fingerprint density at radius 3 is 2.23 bits per heavy atom. The van der Waals surface area contributed by atoms with Gasteiger partial charge in [-0.05, 0) is 77.5 Å². The fraction of sp³-hybridized carbons (Fsp3) is 0.480. The van der Waals surface area contributed by atoms with E-state index in [2.05, 4.69) is 5.32 Å². The number of rotatable bonds is 5. The number of nitrogens with zero attached hydrogens (tertiary/aromatic N) is 2. The topological polar surface area (TPSA) is 54.0 Å². The molecule has 2 aliphatic heterocycles. The monoisotopic (exact) mass is 489 g/mol. The molecular formula is C25H31BF3N3O3. The summed E-state index contributed by atoms with van der Waals surface area (Å²) in [4.78, 5) is 16.5. The van der Waals surface area contributed by atoms with Gasteiger partial charge in [0.15, 0.2) is 0 Å². The van der Waals surface area contributed by atoms with Crippen molar-refractivity contribution in [2.75, 3.05) is 32.1 Å². The molecule has 1 atom stereocenters. The number of urea groups is 1. The van der Waals surface area contributed by atoms with Crippen LogP contribution in [-0.4, -0.2) is 56.4 Å². The normalized spacial score (nSPS) is 19.3. The van der Waals surface area contributed by atoms with Gasteiger partial charge in [-0.3, -0.25) is 4.90 Å². The Hall–Kier alpha value is -2.56. The van der Waals surface area contributed by atoms with E-state index in [-0.39, 0.29) is 0 Å². The van der Waals surface area contributed by atoms with E-state index < -0.39 is 47.8 Å². The van der Waals surface area contributed by atoms with Gasteiger partial charge in [0.05, 0.1) is 22.9 Å². The Morgan fingerprint density at radius 1 is 1.06 bits per heavy atom. The first-order valence-corrected chi connectivity index (χ1v) is 11.6. The van der Waals surface area contributed by atoms with Gasteiger partial charge in [-0.15, -0.1) is 0 Å². The average molecular weight is 489 g/mol. The van der Waals surface area contributed by atoms with E-state index in [9.17, 15) is 13.6 Å². The second-order valence-corrected chi connectivity index (χ2v) is 10.5. The highest BCUT2D eigenvalue weighted by Crippen LogP contribution is 2.37. The largest absolute Gasteiger partial charge is 0.497 e. The van der Waals surface area contributed by atoms with Crippen molar-refractivity contribution in [1.29, 1.82) is 0 Å². The van der Waals surface area contributed by atoms with Crippen molar-refractivity contribution >= 4 is 24.3 Å². The minimum absolute atomic E-state index is 0.297. The predicted molar refractivity (Wildman–Crippen MR) is 129 cm³/mol. The Kier molecular flexibility index (Phi) is 6.67. The summed E-state index contributed by atoms with van der Waals surface area (Å²) in [5.74, 6) is -1.97. The molecular weight excluding hydrogens is 458 g/mol. The number of anilines is 1. The van der Waals surface area contributed by atoms with Gasteiger partial charge < -0.3 is 19.5 Å². The molecule has 0 radical (unpaired) electrons. The van der Waals surface area contributed by atoms with Crippen LogP contribution in [0.5, 0.6) is 0 Å². The number of hydrogen-bond acceptors (Lipinski definition) is 4. The Morgan fingerprint density at radius 2 is 1.66 bits per heavy atom. The SMILES string of the molecule is CN(C)CC(NC(=O)N1CCc2cc(B3OC(C)(C)C(C)(C)O3)c(F)cc21)c1cc(F)cc(F)c1.